The number of rotatable bonds is 9. The van der Waals surface area contributed by atoms with Gasteiger partial charge < -0.3 is 19.5 Å². The van der Waals surface area contributed by atoms with Crippen LogP contribution >= 0.6 is 0 Å². The van der Waals surface area contributed by atoms with Crippen molar-refractivity contribution < 1.29 is 23.8 Å². The molecule has 31 heavy (non-hydrogen) atoms. The van der Waals surface area contributed by atoms with Crippen molar-refractivity contribution in [1.29, 1.82) is 0 Å². The number of anilines is 1. The van der Waals surface area contributed by atoms with Crippen LogP contribution in [0.3, 0.4) is 0 Å². The van der Waals surface area contributed by atoms with Crippen molar-refractivity contribution in [1.82, 2.24) is 5.32 Å². The van der Waals surface area contributed by atoms with Gasteiger partial charge in [0.25, 0.3) is 0 Å². The van der Waals surface area contributed by atoms with Gasteiger partial charge in [0, 0.05) is 18.8 Å². The molecule has 0 heterocycles. The third-order valence-electron chi connectivity index (χ3n) is 4.39. The molecule has 0 saturated heterocycles. The first-order valence-electron chi connectivity index (χ1n) is 10.4. The summed E-state index contributed by atoms with van der Waals surface area (Å²) in [5.41, 5.74) is 2.80. The third-order valence-corrected chi connectivity index (χ3v) is 4.39. The van der Waals surface area contributed by atoms with Gasteiger partial charge in [-0.15, -0.1) is 0 Å². The summed E-state index contributed by atoms with van der Waals surface area (Å²) in [6.07, 6.45) is 0.374. The van der Waals surface area contributed by atoms with E-state index >= 15 is 0 Å². The van der Waals surface area contributed by atoms with E-state index in [1.165, 1.54) is 11.1 Å². The molecular weight excluding hydrogens is 396 g/mol. The lowest BCUT2D eigenvalue weighted by Crippen LogP contribution is -2.27. The Hall–Kier alpha value is -3.06. The number of nitrogens with one attached hydrogen (secondary N) is 2. The van der Waals surface area contributed by atoms with E-state index in [-0.39, 0.29) is 6.61 Å². The van der Waals surface area contributed by atoms with E-state index in [9.17, 15) is 9.59 Å². The van der Waals surface area contributed by atoms with Crippen LogP contribution in [0, 0.1) is 0 Å². The fourth-order valence-electron chi connectivity index (χ4n) is 2.86. The van der Waals surface area contributed by atoms with Crippen LogP contribution in [0.2, 0.25) is 0 Å². The molecule has 2 N–H and O–H groups in total. The first kappa shape index (κ1) is 24.2. The highest BCUT2D eigenvalue weighted by Crippen LogP contribution is 2.18. The van der Waals surface area contributed by atoms with Gasteiger partial charge in [-0.1, -0.05) is 13.0 Å². The van der Waals surface area contributed by atoms with Crippen molar-refractivity contribution in [3.05, 3.63) is 59.2 Å². The molecule has 0 spiro atoms. The minimum atomic E-state index is -0.576. The molecule has 0 atom stereocenters. The molecular formula is C24H32N2O5. The Morgan fingerprint density at radius 3 is 2.32 bits per heavy atom. The lowest BCUT2D eigenvalue weighted by molar-refractivity contribution is 0.0508. The maximum atomic E-state index is 12.2. The van der Waals surface area contributed by atoms with Crippen molar-refractivity contribution in [2.45, 2.75) is 46.3 Å². The fraction of sp³-hybridized carbons (Fsp3) is 0.417. The average Bonchev–Trinajstić information content (AvgIpc) is 2.72. The van der Waals surface area contributed by atoms with Crippen LogP contribution in [-0.2, 0) is 22.4 Å². The van der Waals surface area contributed by atoms with E-state index in [2.05, 4.69) is 17.6 Å². The van der Waals surface area contributed by atoms with E-state index in [1.54, 1.807) is 52.1 Å². The van der Waals surface area contributed by atoms with Gasteiger partial charge in [-0.2, -0.15) is 0 Å². The van der Waals surface area contributed by atoms with Crippen LogP contribution in [-0.4, -0.2) is 37.9 Å². The fourth-order valence-corrected chi connectivity index (χ4v) is 2.86. The predicted molar refractivity (Wildman–Crippen MR) is 121 cm³/mol. The number of ether oxygens (including phenoxy) is 3. The second-order valence-electron chi connectivity index (χ2n) is 8.01. The highest BCUT2D eigenvalue weighted by molar-refractivity contribution is 5.91. The summed E-state index contributed by atoms with van der Waals surface area (Å²) < 4.78 is 15.8. The zero-order chi connectivity index (χ0) is 22.9. The smallest absolute Gasteiger partial charge is 0.412 e. The third kappa shape index (κ3) is 8.30. The standard InChI is InChI=1S/C24H32N2O5/c1-6-17-15-21(29-5)12-9-19(17)16-25-13-14-30-22(27)18-7-10-20(11-8-18)26-23(28)31-24(2,3)4/h7-12,15,25H,6,13-14,16H2,1-5H3,(H,26,28). The van der Waals surface area contributed by atoms with Gasteiger partial charge in [-0.3, -0.25) is 5.32 Å². The number of hydrogen-bond donors (Lipinski definition) is 2. The topological polar surface area (TPSA) is 85.9 Å². The normalized spacial score (nSPS) is 11.0. The van der Waals surface area contributed by atoms with Crippen molar-refractivity contribution in [2.24, 2.45) is 0 Å². The molecule has 168 valence electrons. The van der Waals surface area contributed by atoms with Gasteiger partial charge in [0.15, 0.2) is 0 Å². The quantitative estimate of drug-likeness (QED) is 0.450. The maximum Gasteiger partial charge on any atom is 0.412 e. The van der Waals surface area contributed by atoms with E-state index < -0.39 is 17.7 Å². The van der Waals surface area contributed by atoms with Gasteiger partial charge in [-0.25, -0.2) is 9.59 Å². The number of benzene rings is 2. The Bertz CT molecular complexity index is 873. The van der Waals surface area contributed by atoms with Crippen LogP contribution in [0.1, 0.15) is 49.2 Å². The molecule has 2 rings (SSSR count). The number of aryl methyl sites for hydroxylation is 1. The molecule has 7 heteroatoms. The molecule has 0 unspecified atom stereocenters. The Kier molecular flexibility index (Phi) is 8.88. The maximum absolute atomic E-state index is 12.2. The summed E-state index contributed by atoms with van der Waals surface area (Å²) in [5, 5.41) is 5.92. The SMILES string of the molecule is CCc1cc(OC)ccc1CNCCOC(=O)c1ccc(NC(=O)OC(C)(C)C)cc1. The van der Waals surface area contributed by atoms with Crippen LogP contribution < -0.4 is 15.4 Å². The second kappa shape index (κ2) is 11.4. The molecule has 7 nitrogen and oxygen atoms in total. The minimum absolute atomic E-state index is 0.258. The molecule has 0 aromatic heterocycles. The summed E-state index contributed by atoms with van der Waals surface area (Å²) in [5.74, 6) is 0.436. The largest absolute Gasteiger partial charge is 0.497 e. The van der Waals surface area contributed by atoms with Gasteiger partial charge in [0.1, 0.15) is 18.0 Å². The lowest BCUT2D eigenvalue weighted by atomic mass is 10.0. The van der Waals surface area contributed by atoms with Crippen LogP contribution in [0.4, 0.5) is 10.5 Å². The molecule has 2 aromatic carbocycles. The molecule has 0 aliphatic rings. The van der Waals surface area contributed by atoms with Crippen molar-refractivity contribution in [3.63, 3.8) is 0 Å². The zero-order valence-corrected chi connectivity index (χ0v) is 18.9. The molecule has 2 aromatic rings. The van der Waals surface area contributed by atoms with Crippen LogP contribution in [0.25, 0.3) is 0 Å². The molecule has 0 aliphatic carbocycles. The Morgan fingerprint density at radius 1 is 1.00 bits per heavy atom. The van der Waals surface area contributed by atoms with Crippen LogP contribution in [0.15, 0.2) is 42.5 Å². The van der Waals surface area contributed by atoms with E-state index in [4.69, 9.17) is 14.2 Å². The number of carbonyl (C=O) groups excluding carboxylic acids is 2. The van der Waals surface area contributed by atoms with Gasteiger partial charge in [0.05, 0.1) is 12.7 Å². The highest BCUT2D eigenvalue weighted by atomic mass is 16.6. The van der Waals surface area contributed by atoms with Crippen LogP contribution in [0.5, 0.6) is 5.75 Å². The molecule has 0 bridgehead atoms. The monoisotopic (exact) mass is 428 g/mol. The van der Waals surface area contributed by atoms with Crippen molar-refractivity contribution in [3.8, 4) is 5.75 Å². The summed E-state index contributed by atoms with van der Waals surface area (Å²) in [6.45, 7) is 8.97. The number of hydrogen-bond acceptors (Lipinski definition) is 6. The Balaban J connectivity index is 1.75. The Labute approximate surface area is 184 Å². The summed E-state index contributed by atoms with van der Waals surface area (Å²) in [6, 6.07) is 12.5. The first-order chi connectivity index (χ1) is 14.7. The summed E-state index contributed by atoms with van der Waals surface area (Å²) in [4.78, 5) is 24.0. The first-order valence-corrected chi connectivity index (χ1v) is 10.4. The van der Waals surface area contributed by atoms with E-state index in [0.717, 1.165) is 12.2 Å². The summed E-state index contributed by atoms with van der Waals surface area (Å²) >= 11 is 0. The lowest BCUT2D eigenvalue weighted by Gasteiger charge is -2.19. The average molecular weight is 429 g/mol. The summed E-state index contributed by atoms with van der Waals surface area (Å²) in [7, 11) is 1.66. The molecule has 1 amide bonds. The van der Waals surface area contributed by atoms with Gasteiger partial charge >= 0.3 is 12.1 Å². The number of amides is 1. The van der Waals surface area contributed by atoms with E-state index in [0.29, 0.717) is 24.3 Å². The minimum Gasteiger partial charge on any atom is -0.497 e. The second-order valence-corrected chi connectivity index (χ2v) is 8.01. The van der Waals surface area contributed by atoms with Crippen molar-refractivity contribution >= 4 is 17.7 Å². The van der Waals surface area contributed by atoms with Gasteiger partial charge in [0.2, 0.25) is 0 Å². The molecule has 0 fully saturated rings. The number of carbonyl (C=O) groups is 2. The predicted octanol–water partition coefficient (Wildman–Crippen LogP) is 4.55. The Morgan fingerprint density at radius 2 is 1.71 bits per heavy atom. The van der Waals surface area contributed by atoms with Crippen molar-refractivity contribution in [2.75, 3.05) is 25.6 Å². The molecule has 0 aliphatic heterocycles. The van der Waals surface area contributed by atoms with Gasteiger partial charge in [-0.05, 0) is 74.7 Å². The molecule has 0 radical (unpaired) electrons. The number of methoxy groups -OCH3 is 1. The van der Waals surface area contributed by atoms with E-state index in [1.807, 2.05) is 18.2 Å². The number of esters is 1. The zero-order valence-electron chi connectivity index (χ0n) is 18.9. The highest BCUT2D eigenvalue weighted by Gasteiger charge is 2.16. The molecule has 0 saturated carbocycles.